The third-order valence-corrected chi connectivity index (χ3v) is 9.58. The minimum atomic E-state index is -0.665. The van der Waals surface area contributed by atoms with E-state index in [2.05, 4.69) is 21.7 Å². The normalized spacial score (nSPS) is 21.6. The van der Waals surface area contributed by atoms with Crippen molar-refractivity contribution in [2.45, 2.75) is 43.6 Å². The first-order valence-corrected chi connectivity index (χ1v) is 15.0. The van der Waals surface area contributed by atoms with Gasteiger partial charge in [-0.05, 0) is 96.3 Å². The summed E-state index contributed by atoms with van der Waals surface area (Å²) in [5.41, 5.74) is 2.16. The molecule has 1 amide bonds. The number of aryl methyl sites for hydroxylation is 1. The Morgan fingerprint density at radius 2 is 1.89 bits per heavy atom. The number of nitrogens with zero attached hydrogens (tertiary/aromatic N) is 2. The number of aliphatic hydroxyl groups is 1. The van der Waals surface area contributed by atoms with Gasteiger partial charge in [0.05, 0.1) is 15.6 Å². The highest BCUT2D eigenvalue weighted by atomic mass is 35.5. The minimum absolute atomic E-state index is 0.0161. The van der Waals surface area contributed by atoms with Crippen LogP contribution in [0.5, 0.6) is 0 Å². The molecule has 2 fully saturated rings. The Balaban J connectivity index is 1.17. The molecule has 2 unspecified atom stereocenters. The fraction of sp³-hybridized carbons (Fsp3) is 0.433. The second-order valence-electron chi connectivity index (χ2n) is 10.8. The molecule has 202 valence electrons. The van der Waals surface area contributed by atoms with Gasteiger partial charge < -0.3 is 14.9 Å². The number of piperidine rings is 1. The van der Waals surface area contributed by atoms with Crippen molar-refractivity contribution in [2.75, 3.05) is 32.7 Å². The molecule has 1 N–H and O–H groups in total. The van der Waals surface area contributed by atoms with Crippen LogP contribution in [0.2, 0.25) is 10.0 Å². The Bertz CT molecular complexity index is 1250. The average molecular weight is 576 g/mol. The molecule has 2 aliphatic rings. The van der Waals surface area contributed by atoms with Gasteiger partial charge in [-0.2, -0.15) is 11.3 Å². The van der Waals surface area contributed by atoms with Crippen LogP contribution in [0, 0.1) is 11.7 Å². The zero-order valence-electron chi connectivity index (χ0n) is 21.3. The van der Waals surface area contributed by atoms with Crippen LogP contribution >= 0.6 is 34.5 Å². The van der Waals surface area contributed by atoms with E-state index in [1.165, 1.54) is 11.6 Å². The number of thiophene rings is 1. The van der Waals surface area contributed by atoms with Gasteiger partial charge in [-0.1, -0.05) is 35.3 Å². The van der Waals surface area contributed by atoms with E-state index < -0.39 is 5.60 Å². The van der Waals surface area contributed by atoms with Gasteiger partial charge in [-0.15, -0.1) is 0 Å². The lowest BCUT2D eigenvalue weighted by Gasteiger charge is -2.39. The molecule has 3 aromatic rings. The molecule has 0 saturated carbocycles. The molecule has 4 nitrogen and oxygen atoms in total. The molecule has 2 aromatic carbocycles. The first-order chi connectivity index (χ1) is 18.3. The van der Waals surface area contributed by atoms with Crippen LogP contribution in [0.1, 0.15) is 53.1 Å². The summed E-state index contributed by atoms with van der Waals surface area (Å²) in [4.78, 5) is 17.7. The predicted octanol–water partition coefficient (Wildman–Crippen LogP) is 6.90. The Hall–Kier alpha value is -1.96. The van der Waals surface area contributed by atoms with Crippen LogP contribution < -0.4 is 0 Å². The van der Waals surface area contributed by atoms with E-state index in [9.17, 15) is 14.3 Å². The quantitative estimate of drug-likeness (QED) is 0.318. The van der Waals surface area contributed by atoms with E-state index in [1.54, 1.807) is 41.7 Å². The summed E-state index contributed by atoms with van der Waals surface area (Å²) in [6, 6.07) is 14.0. The van der Waals surface area contributed by atoms with Crippen LogP contribution in [0.4, 0.5) is 4.39 Å². The fourth-order valence-corrected chi connectivity index (χ4v) is 6.97. The standard InChI is InChI=1S/C30H33Cl2FN2O2S/c31-27-7-6-22(16-28(27)32)29(36)35-18-24(26(19-35)23-8-14-38-20-23)17-34-12-10-30(37,11-13-34)9-2-4-21-3-1-5-25(33)15-21/h1,3,5-8,14-16,20,24,26,37H,2,4,9-13,17-19H2. The molecular weight excluding hydrogens is 542 g/mol. The first kappa shape index (κ1) is 27.6. The second-order valence-corrected chi connectivity index (χ2v) is 12.4. The number of carbonyl (C=O) groups is 1. The van der Waals surface area contributed by atoms with Crippen LogP contribution in [0.15, 0.2) is 59.3 Å². The third kappa shape index (κ3) is 6.60. The summed E-state index contributed by atoms with van der Waals surface area (Å²) in [5, 5.41) is 16.3. The fourth-order valence-electron chi connectivity index (χ4n) is 5.94. The maximum atomic E-state index is 13.5. The smallest absolute Gasteiger partial charge is 0.253 e. The summed E-state index contributed by atoms with van der Waals surface area (Å²) in [5.74, 6) is 0.368. The van der Waals surface area contributed by atoms with Crippen molar-refractivity contribution < 1.29 is 14.3 Å². The molecule has 5 rings (SSSR count). The minimum Gasteiger partial charge on any atom is -0.390 e. The van der Waals surface area contributed by atoms with E-state index in [0.717, 1.165) is 57.3 Å². The van der Waals surface area contributed by atoms with Crippen molar-refractivity contribution in [2.24, 2.45) is 5.92 Å². The van der Waals surface area contributed by atoms with Crippen molar-refractivity contribution in [3.63, 3.8) is 0 Å². The highest BCUT2D eigenvalue weighted by Crippen LogP contribution is 2.37. The summed E-state index contributed by atoms with van der Waals surface area (Å²) in [6.45, 7) is 3.94. The second kappa shape index (κ2) is 12.1. The molecule has 1 aromatic heterocycles. The molecule has 0 aliphatic carbocycles. The highest BCUT2D eigenvalue weighted by Gasteiger charge is 2.39. The van der Waals surface area contributed by atoms with Crippen LogP contribution in [0.3, 0.4) is 0 Å². The molecule has 2 aliphatic heterocycles. The molecule has 0 spiro atoms. The predicted molar refractivity (Wildman–Crippen MR) is 153 cm³/mol. The lowest BCUT2D eigenvalue weighted by Crippen LogP contribution is -2.46. The van der Waals surface area contributed by atoms with Gasteiger partial charge in [0.25, 0.3) is 5.91 Å². The van der Waals surface area contributed by atoms with Gasteiger partial charge in [0.2, 0.25) is 0 Å². The molecule has 2 atom stereocenters. The van der Waals surface area contributed by atoms with Crippen LogP contribution in [-0.2, 0) is 6.42 Å². The van der Waals surface area contributed by atoms with Crippen molar-refractivity contribution in [1.29, 1.82) is 0 Å². The Kier molecular flexibility index (Phi) is 8.75. The summed E-state index contributed by atoms with van der Waals surface area (Å²) in [7, 11) is 0. The molecular formula is C30H33Cl2FN2O2S. The molecule has 2 saturated heterocycles. The van der Waals surface area contributed by atoms with Gasteiger partial charge >= 0.3 is 0 Å². The maximum Gasteiger partial charge on any atom is 0.253 e. The number of amides is 1. The highest BCUT2D eigenvalue weighted by molar-refractivity contribution is 7.08. The van der Waals surface area contributed by atoms with Gasteiger partial charge in [0, 0.05) is 44.2 Å². The van der Waals surface area contributed by atoms with E-state index in [1.807, 2.05) is 11.0 Å². The monoisotopic (exact) mass is 574 g/mol. The van der Waals surface area contributed by atoms with Crippen molar-refractivity contribution >= 4 is 40.4 Å². The molecule has 0 radical (unpaired) electrons. The zero-order chi connectivity index (χ0) is 26.7. The largest absolute Gasteiger partial charge is 0.390 e. The number of hydrogen-bond acceptors (Lipinski definition) is 4. The van der Waals surface area contributed by atoms with Gasteiger partial charge in [0.1, 0.15) is 5.82 Å². The van der Waals surface area contributed by atoms with E-state index in [-0.39, 0.29) is 17.6 Å². The van der Waals surface area contributed by atoms with Crippen LogP contribution in [-0.4, -0.2) is 59.1 Å². The van der Waals surface area contributed by atoms with E-state index in [0.29, 0.717) is 34.6 Å². The summed E-state index contributed by atoms with van der Waals surface area (Å²) in [6.07, 6.45) is 3.81. The zero-order valence-corrected chi connectivity index (χ0v) is 23.6. The lowest BCUT2D eigenvalue weighted by atomic mass is 9.84. The topological polar surface area (TPSA) is 43.8 Å². The van der Waals surface area contributed by atoms with Gasteiger partial charge in [-0.3, -0.25) is 4.79 Å². The SMILES string of the molecule is O=C(c1ccc(Cl)c(Cl)c1)N1CC(CN2CCC(O)(CCCc3cccc(F)c3)CC2)C(c2ccsc2)C1. The van der Waals surface area contributed by atoms with Gasteiger partial charge in [-0.25, -0.2) is 4.39 Å². The molecule has 8 heteroatoms. The maximum absolute atomic E-state index is 13.5. The van der Waals surface area contributed by atoms with E-state index in [4.69, 9.17) is 23.2 Å². The molecule has 0 bridgehead atoms. The van der Waals surface area contributed by atoms with E-state index >= 15 is 0 Å². The molecule has 38 heavy (non-hydrogen) atoms. The van der Waals surface area contributed by atoms with Gasteiger partial charge in [0.15, 0.2) is 0 Å². The first-order valence-electron chi connectivity index (χ1n) is 13.3. The van der Waals surface area contributed by atoms with Crippen molar-refractivity contribution in [1.82, 2.24) is 9.80 Å². The van der Waals surface area contributed by atoms with Crippen molar-refractivity contribution in [3.05, 3.63) is 91.8 Å². The Morgan fingerprint density at radius 3 is 2.61 bits per heavy atom. The van der Waals surface area contributed by atoms with Crippen molar-refractivity contribution in [3.8, 4) is 0 Å². The number of likely N-dealkylation sites (tertiary alicyclic amines) is 2. The lowest BCUT2D eigenvalue weighted by molar-refractivity contribution is -0.0315. The Morgan fingerprint density at radius 1 is 1.08 bits per heavy atom. The number of rotatable bonds is 8. The number of halogens is 3. The Labute approximate surface area is 238 Å². The average Bonchev–Trinajstić information content (AvgIpc) is 3.57. The number of benzene rings is 2. The number of hydrogen-bond donors (Lipinski definition) is 1. The number of carbonyl (C=O) groups excluding carboxylic acids is 1. The van der Waals surface area contributed by atoms with Crippen LogP contribution in [0.25, 0.3) is 0 Å². The molecule has 3 heterocycles. The summed E-state index contributed by atoms with van der Waals surface area (Å²) < 4.78 is 13.5. The summed E-state index contributed by atoms with van der Waals surface area (Å²) >= 11 is 13.9. The third-order valence-electron chi connectivity index (χ3n) is 8.14.